The number of amides is 1. The zero-order chi connectivity index (χ0) is 23.8. The Morgan fingerprint density at radius 2 is 2.06 bits per heavy atom. The van der Waals surface area contributed by atoms with Crippen molar-refractivity contribution in [1.29, 1.82) is 0 Å². The van der Waals surface area contributed by atoms with E-state index in [1.54, 1.807) is 17.5 Å². The molecule has 2 aromatic heterocycles. The molecule has 8 heteroatoms. The highest BCUT2D eigenvalue weighted by Crippen LogP contribution is 2.45. The molecule has 0 saturated heterocycles. The van der Waals surface area contributed by atoms with Crippen LogP contribution in [0.1, 0.15) is 56.2 Å². The fourth-order valence-electron chi connectivity index (χ4n) is 5.08. The Hall–Kier alpha value is -2.76. The van der Waals surface area contributed by atoms with Gasteiger partial charge in [0.15, 0.2) is 5.82 Å². The average Bonchev–Trinajstić information content (AvgIpc) is 3.27. The molecule has 4 rings (SSSR count). The van der Waals surface area contributed by atoms with Gasteiger partial charge in [0.1, 0.15) is 11.5 Å². The zero-order valence-electron chi connectivity index (χ0n) is 19.4. The molecule has 2 aliphatic rings. The maximum atomic E-state index is 13.6. The summed E-state index contributed by atoms with van der Waals surface area (Å²) >= 11 is 1.66. The highest BCUT2D eigenvalue weighted by Gasteiger charge is 2.48. The van der Waals surface area contributed by atoms with E-state index in [1.165, 1.54) is 25.2 Å². The molecule has 0 aliphatic heterocycles. The summed E-state index contributed by atoms with van der Waals surface area (Å²) in [5.74, 6) is 3.21. The summed E-state index contributed by atoms with van der Waals surface area (Å²) in [6, 6.07) is 4.10. The van der Waals surface area contributed by atoms with Crippen molar-refractivity contribution in [2.45, 2.75) is 62.9 Å². The topological polar surface area (TPSA) is 93.2 Å². The second kappa shape index (κ2) is 11.6. The van der Waals surface area contributed by atoms with Crippen molar-refractivity contribution in [1.82, 2.24) is 15.3 Å². The Kier molecular flexibility index (Phi) is 8.30. The SMILES string of the molecule is C#CC1CC(OC(=O)C2(c3cccs3)CCCCCC2)C1CCNCC(=O)Nc1cnccn1. The minimum absolute atomic E-state index is 0.0846. The Bertz CT molecular complexity index is 981. The normalized spacial score (nSPS) is 23.7. The second-order valence-electron chi connectivity index (χ2n) is 9.19. The summed E-state index contributed by atoms with van der Waals surface area (Å²) in [6.07, 6.45) is 17.7. The fraction of sp³-hybridized carbons (Fsp3) is 0.538. The number of terminal acetylenes is 1. The molecular formula is C26H32N4O3S. The lowest BCUT2D eigenvalue weighted by molar-refractivity contribution is -0.169. The molecule has 0 radical (unpaired) electrons. The lowest BCUT2D eigenvalue weighted by Gasteiger charge is -2.43. The molecule has 3 unspecified atom stereocenters. The van der Waals surface area contributed by atoms with Gasteiger partial charge in [0.05, 0.1) is 12.7 Å². The van der Waals surface area contributed by atoms with Crippen molar-refractivity contribution in [2.75, 3.05) is 18.4 Å². The average molecular weight is 481 g/mol. The highest BCUT2D eigenvalue weighted by atomic mass is 32.1. The summed E-state index contributed by atoms with van der Waals surface area (Å²) < 4.78 is 6.16. The van der Waals surface area contributed by atoms with Crippen LogP contribution in [0.25, 0.3) is 0 Å². The number of ether oxygens (including phenoxy) is 1. The maximum absolute atomic E-state index is 13.6. The number of aromatic nitrogens is 2. The minimum Gasteiger partial charge on any atom is -0.461 e. The van der Waals surface area contributed by atoms with Crippen LogP contribution >= 0.6 is 11.3 Å². The van der Waals surface area contributed by atoms with Crippen molar-refractivity contribution in [3.05, 3.63) is 41.0 Å². The summed E-state index contributed by atoms with van der Waals surface area (Å²) in [5, 5.41) is 7.90. The van der Waals surface area contributed by atoms with E-state index < -0.39 is 5.41 Å². The number of nitrogens with one attached hydrogen (secondary N) is 2. The zero-order valence-corrected chi connectivity index (χ0v) is 20.2. The summed E-state index contributed by atoms with van der Waals surface area (Å²) in [4.78, 5) is 34.7. The van der Waals surface area contributed by atoms with E-state index in [-0.39, 0.29) is 36.4 Å². The molecule has 34 heavy (non-hydrogen) atoms. The molecule has 2 aliphatic carbocycles. The Morgan fingerprint density at radius 3 is 2.74 bits per heavy atom. The van der Waals surface area contributed by atoms with Gasteiger partial charge in [-0.15, -0.1) is 23.7 Å². The van der Waals surface area contributed by atoms with Gasteiger partial charge >= 0.3 is 5.97 Å². The van der Waals surface area contributed by atoms with Gasteiger partial charge in [-0.2, -0.15) is 0 Å². The smallest absolute Gasteiger partial charge is 0.317 e. The number of rotatable bonds is 9. The van der Waals surface area contributed by atoms with Crippen molar-refractivity contribution in [3.63, 3.8) is 0 Å². The number of carbonyl (C=O) groups excluding carboxylic acids is 2. The number of esters is 1. The molecule has 2 fully saturated rings. The molecule has 0 aromatic carbocycles. The van der Waals surface area contributed by atoms with Crippen LogP contribution in [0.2, 0.25) is 0 Å². The van der Waals surface area contributed by atoms with E-state index in [0.29, 0.717) is 18.8 Å². The number of carbonyl (C=O) groups is 2. The first-order chi connectivity index (χ1) is 16.6. The third kappa shape index (κ3) is 5.65. The molecular weight excluding hydrogens is 448 g/mol. The van der Waals surface area contributed by atoms with Gasteiger partial charge in [-0.05, 0) is 43.7 Å². The summed E-state index contributed by atoms with van der Waals surface area (Å²) in [5.41, 5.74) is -0.521. The minimum atomic E-state index is -0.521. The standard InChI is InChI=1S/C26H32N4O3S/c1-2-19-16-21(20(19)9-12-27-18-24(31)30-23-17-28-13-14-29-23)33-25(32)26(22-8-7-15-34-22)10-5-3-4-6-11-26/h1,7-8,13-15,17,19-21,27H,3-6,9-12,16,18H2,(H,29,30,31). The number of nitrogens with zero attached hydrogens (tertiary/aromatic N) is 2. The number of hydrogen-bond acceptors (Lipinski definition) is 7. The first-order valence-electron chi connectivity index (χ1n) is 12.1. The predicted octanol–water partition coefficient (Wildman–Crippen LogP) is 3.93. The van der Waals surface area contributed by atoms with Crippen LogP contribution in [0, 0.1) is 24.2 Å². The monoisotopic (exact) mass is 480 g/mol. The van der Waals surface area contributed by atoms with Gasteiger partial charge < -0.3 is 15.4 Å². The lowest BCUT2D eigenvalue weighted by atomic mass is 9.69. The predicted molar refractivity (Wildman–Crippen MR) is 132 cm³/mol. The van der Waals surface area contributed by atoms with E-state index >= 15 is 0 Å². The molecule has 2 heterocycles. The van der Waals surface area contributed by atoms with Crippen LogP contribution in [-0.2, 0) is 19.7 Å². The maximum Gasteiger partial charge on any atom is 0.317 e. The first-order valence-corrected chi connectivity index (χ1v) is 13.0. The van der Waals surface area contributed by atoms with E-state index in [2.05, 4.69) is 32.6 Å². The van der Waals surface area contributed by atoms with E-state index in [0.717, 1.165) is 37.0 Å². The summed E-state index contributed by atoms with van der Waals surface area (Å²) in [7, 11) is 0. The number of hydrogen-bond donors (Lipinski definition) is 2. The van der Waals surface area contributed by atoms with Crippen LogP contribution in [0.5, 0.6) is 0 Å². The van der Waals surface area contributed by atoms with Crippen molar-refractivity contribution >= 4 is 29.0 Å². The van der Waals surface area contributed by atoms with Crippen LogP contribution in [0.15, 0.2) is 36.1 Å². The molecule has 180 valence electrons. The quantitative estimate of drug-likeness (QED) is 0.245. The molecule has 1 amide bonds. The Balaban J connectivity index is 1.30. The molecule has 2 aromatic rings. The number of thiophene rings is 1. The first kappa shape index (κ1) is 24.4. The lowest BCUT2D eigenvalue weighted by Crippen LogP contribution is -2.48. The van der Waals surface area contributed by atoms with Crippen LogP contribution in [0.4, 0.5) is 5.82 Å². The van der Waals surface area contributed by atoms with E-state index in [4.69, 9.17) is 11.2 Å². The molecule has 3 atom stereocenters. The molecule has 0 bridgehead atoms. The third-order valence-corrected chi connectivity index (χ3v) is 8.14. The fourth-order valence-corrected chi connectivity index (χ4v) is 6.06. The molecule has 2 N–H and O–H groups in total. The molecule has 2 saturated carbocycles. The van der Waals surface area contributed by atoms with Gasteiger partial charge in [0.2, 0.25) is 5.91 Å². The van der Waals surface area contributed by atoms with Crippen LogP contribution < -0.4 is 10.6 Å². The Morgan fingerprint density at radius 1 is 1.24 bits per heavy atom. The van der Waals surface area contributed by atoms with Crippen molar-refractivity contribution < 1.29 is 14.3 Å². The Labute approximate surface area is 205 Å². The van der Waals surface area contributed by atoms with Gasteiger partial charge in [-0.1, -0.05) is 31.7 Å². The van der Waals surface area contributed by atoms with Crippen LogP contribution in [-0.4, -0.2) is 41.0 Å². The van der Waals surface area contributed by atoms with Gasteiger partial charge in [-0.25, -0.2) is 4.98 Å². The van der Waals surface area contributed by atoms with Crippen molar-refractivity contribution in [3.8, 4) is 12.3 Å². The van der Waals surface area contributed by atoms with Gasteiger partial charge in [0.25, 0.3) is 0 Å². The van der Waals surface area contributed by atoms with Gasteiger partial charge in [-0.3, -0.25) is 14.6 Å². The highest BCUT2D eigenvalue weighted by molar-refractivity contribution is 7.10. The third-order valence-electron chi connectivity index (χ3n) is 7.06. The van der Waals surface area contributed by atoms with E-state index in [1.807, 2.05) is 11.4 Å². The van der Waals surface area contributed by atoms with Crippen molar-refractivity contribution in [2.24, 2.45) is 11.8 Å². The second-order valence-corrected chi connectivity index (χ2v) is 10.1. The number of anilines is 1. The van der Waals surface area contributed by atoms with Gasteiger partial charge in [0, 0.05) is 29.1 Å². The largest absolute Gasteiger partial charge is 0.461 e. The molecule has 7 nitrogen and oxygen atoms in total. The molecule has 0 spiro atoms. The summed E-state index contributed by atoms with van der Waals surface area (Å²) in [6.45, 7) is 0.775. The van der Waals surface area contributed by atoms with E-state index in [9.17, 15) is 9.59 Å². The van der Waals surface area contributed by atoms with Crippen LogP contribution in [0.3, 0.4) is 0 Å².